The van der Waals surface area contributed by atoms with Crippen LogP contribution in [0.25, 0.3) is 0 Å². The number of fused-ring (bicyclic) bond motifs is 2. The summed E-state index contributed by atoms with van der Waals surface area (Å²) in [5.41, 5.74) is -0.231. The van der Waals surface area contributed by atoms with Gasteiger partial charge in [0.15, 0.2) is 0 Å². The van der Waals surface area contributed by atoms with Crippen LogP contribution in [0.4, 0.5) is 0 Å². The molecule has 0 N–H and O–H groups in total. The van der Waals surface area contributed by atoms with Gasteiger partial charge in [0, 0.05) is 5.92 Å². The van der Waals surface area contributed by atoms with E-state index in [9.17, 15) is 9.59 Å². The molecule has 3 aliphatic carbocycles. The van der Waals surface area contributed by atoms with Gasteiger partial charge in [0.25, 0.3) is 0 Å². The van der Waals surface area contributed by atoms with E-state index in [1.54, 1.807) is 0 Å². The van der Waals surface area contributed by atoms with Crippen LogP contribution in [0.3, 0.4) is 0 Å². The molecule has 4 heteroatoms. The Morgan fingerprint density at radius 3 is 2.25 bits per heavy atom. The fourth-order valence-electron chi connectivity index (χ4n) is 5.91. The Morgan fingerprint density at radius 2 is 1.71 bits per heavy atom. The van der Waals surface area contributed by atoms with Gasteiger partial charge in [-0.05, 0) is 75.5 Å². The Hall–Kier alpha value is -1.06. The molecule has 0 aromatic rings. The number of hydrogen-bond donors (Lipinski definition) is 0. The molecule has 3 aliphatic rings. The summed E-state index contributed by atoms with van der Waals surface area (Å²) in [7, 11) is 0. The first kappa shape index (κ1) is 21.6. The first-order chi connectivity index (χ1) is 13.2. The summed E-state index contributed by atoms with van der Waals surface area (Å²) in [6.45, 7) is 10.6. The van der Waals surface area contributed by atoms with Crippen molar-refractivity contribution in [3.05, 3.63) is 0 Å². The molecule has 0 saturated heterocycles. The fourth-order valence-corrected chi connectivity index (χ4v) is 5.91. The fraction of sp³-hybridized carbons (Fsp3) is 0.917. The number of carbonyl (C=O) groups is 2. The van der Waals surface area contributed by atoms with Crippen LogP contribution >= 0.6 is 0 Å². The van der Waals surface area contributed by atoms with E-state index in [2.05, 4.69) is 34.6 Å². The molecule has 3 rings (SSSR count). The van der Waals surface area contributed by atoms with Crippen molar-refractivity contribution in [2.24, 2.45) is 35.5 Å². The number of hydrogen-bond acceptors (Lipinski definition) is 4. The van der Waals surface area contributed by atoms with E-state index in [4.69, 9.17) is 9.47 Å². The van der Waals surface area contributed by atoms with E-state index in [0.717, 1.165) is 57.8 Å². The molecule has 5 atom stereocenters. The third-order valence-corrected chi connectivity index (χ3v) is 7.63. The van der Waals surface area contributed by atoms with Crippen LogP contribution in [-0.2, 0) is 19.1 Å². The van der Waals surface area contributed by atoms with Crippen molar-refractivity contribution in [2.45, 2.75) is 104 Å². The number of ether oxygens (including phenoxy) is 2. The smallest absolute Gasteiger partial charge is 0.309 e. The second-order valence-electron chi connectivity index (χ2n) is 10.5. The van der Waals surface area contributed by atoms with E-state index in [0.29, 0.717) is 11.8 Å². The highest BCUT2D eigenvalue weighted by Crippen LogP contribution is 2.51. The average Bonchev–Trinajstić information content (AvgIpc) is 3.35. The molecule has 160 valence electrons. The van der Waals surface area contributed by atoms with E-state index >= 15 is 0 Å². The summed E-state index contributed by atoms with van der Waals surface area (Å²) in [5, 5.41) is 0. The maximum absolute atomic E-state index is 13.0. The van der Waals surface area contributed by atoms with Gasteiger partial charge in [-0.15, -0.1) is 0 Å². The van der Waals surface area contributed by atoms with Crippen molar-refractivity contribution in [1.82, 2.24) is 0 Å². The van der Waals surface area contributed by atoms with Crippen LogP contribution in [0, 0.1) is 35.5 Å². The zero-order valence-corrected chi connectivity index (χ0v) is 18.5. The SMILES string of the molecule is CCC1(OC(=O)C2CC3CC(OC(=O)C(CC(C)C)C(C)C)C2C3)CCCC1. The van der Waals surface area contributed by atoms with Crippen molar-refractivity contribution < 1.29 is 19.1 Å². The number of rotatable bonds is 8. The molecule has 0 amide bonds. The Kier molecular flexibility index (Phi) is 6.76. The van der Waals surface area contributed by atoms with Gasteiger partial charge in [-0.3, -0.25) is 9.59 Å². The molecule has 0 radical (unpaired) electrons. The lowest BCUT2D eigenvalue weighted by atomic mass is 9.85. The minimum atomic E-state index is -0.231. The summed E-state index contributed by atoms with van der Waals surface area (Å²) in [6.07, 6.45) is 8.83. The second kappa shape index (κ2) is 8.75. The minimum absolute atomic E-state index is 0.0282. The Bertz CT molecular complexity index is 561. The third kappa shape index (κ3) is 4.57. The van der Waals surface area contributed by atoms with E-state index in [-0.39, 0.29) is 47.3 Å². The first-order valence-corrected chi connectivity index (χ1v) is 11.7. The van der Waals surface area contributed by atoms with E-state index in [1.165, 1.54) is 0 Å². The summed E-state index contributed by atoms with van der Waals surface area (Å²) < 4.78 is 12.1. The molecular formula is C24H40O4. The molecule has 0 aromatic carbocycles. The maximum atomic E-state index is 13.0. The normalized spacial score (nSPS) is 32.1. The Morgan fingerprint density at radius 1 is 1.04 bits per heavy atom. The quantitative estimate of drug-likeness (QED) is 0.510. The third-order valence-electron chi connectivity index (χ3n) is 7.63. The zero-order valence-electron chi connectivity index (χ0n) is 18.5. The summed E-state index contributed by atoms with van der Waals surface area (Å²) in [5.74, 6) is 1.19. The molecule has 0 spiro atoms. The number of carbonyl (C=O) groups excluding carboxylic acids is 2. The lowest BCUT2D eigenvalue weighted by Crippen LogP contribution is -2.40. The molecule has 2 bridgehead atoms. The van der Waals surface area contributed by atoms with Gasteiger partial charge in [0.05, 0.1) is 11.8 Å². The Balaban J connectivity index is 1.61. The molecule has 3 saturated carbocycles. The van der Waals surface area contributed by atoms with Crippen molar-refractivity contribution >= 4 is 11.9 Å². The van der Waals surface area contributed by atoms with Crippen LogP contribution in [0.2, 0.25) is 0 Å². The lowest BCUT2D eigenvalue weighted by Gasteiger charge is -2.34. The topological polar surface area (TPSA) is 52.6 Å². The molecule has 0 aromatic heterocycles. The van der Waals surface area contributed by atoms with Gasteiger partial charge in [-0.2, -0.15) is 0 Å². The summed E-state index contributed by atoms with van der Waals surface area (Å²) >= 11 is 0. The minimum Gasteiger partial charge on any atom is -0.462 e. The summed E-state index contributed by atoms with van der Waals surface area (Å²) in [4.78, 5) is 25.9. The molecule has 4 nitrogen and oxygen atoms in total. The number of esters is 2. The average molecular weight is 393 g/mol. The predicted octanol–water partition coefficient (Wildman–Crippen LogP) is 5.53. The van der Waals surface area contributed by atoms with Crippen LogP contribution < -0.4 is 0 Å². The van der Waals surface area contributed by atoms with Gasteiger partial charge in [-0.25, -0.2) is 0 Å². The summed E-state index contributed by atoms with van der Waals surface area (Å²) in [6, 6.07) is 0. The van der Waals surface area contributed by atoms with E-state index < -0.39 is 0 Å². The lowest BCUT2D eigenvalue weighted by molar-refractivity contribution is -0.173. The Labute approximate surface area is 171 Å². The van der Waals surface area contributed by atoms with Gasteiger partial charge >= 0.3 is 11.9 Å². The molecule has 0 aliphatic heterocycles. The highest BCUT2D eigenvalue weighted by molar-refractivity contribution is 5.75. The van der Waals surface area contributed by atoms with Crippen molar-refractivity contribution in [1.29, 1.82) is 0 Å². The molecule has 28 heavy (non-hydrogen) atoms. The van der Waals surface area contributed by atoms with Crippen LogP contribution in [0.1, 0.15) is 92.4 Å². The zero-order chi connectivity index (χ0) is 20.5. The van der Waals surface area contributed by atoms with Crippen molar-refractivity contribution in [3.63, 3.8) is 0 Å². The van der Waals surface area contributed by atoms with Crippen LogP contribution in [0.15, 0.2) is 0 Å². The van der Waals surface area contributed by atoms with Crippen molar-refractivity contribution in [2.75, 3.05) is 0 Å². The second-order valence-corrected chi connectivity index (χ2v) is 10.5. The van der Waals surface area contributed by atoms with Gasteiger partial charge in [-0.1, -0.05) is 34.6 Å². The molecule has 5 unspecified atom stereocenters. The maximum Gasteiger partial charge on any atom is 0.309 e. The monoisotopic (exact) mass is 392 g/mol. The largest absolute Gasteiger partial charge is 0.462 e. The van der Waals surface area contributed by atoms with Gasteiger partial charge in [0.1, 0.15) is 11.7 Å². The van der Waals surface area contributed by atoms with Crippen LogP contribution in [0.5, 0.6) is 0 Å². The standard InChI is InChI=1S/C24H40O4/c1-6-24(9-7-8-10-24)28-23(26)20-13-17-12-19(20)21(14-17)27-22(25)18(16(4)5)11-15(2)3/h15-21H,6-14H2,1-5H3. The molecule has 3 fully saturated rings. The molecular weight excluding hydrogens is 352 g/mol. The molecule has 0 heterocycles. The van der Waals surface area contributed by atoms with Crippen molar-refractivity contribution in [3.8, 4) is 0 Å². The predicted molar refractivity (Wildman–Crippen MR) is 110 cm³/mol. The highest BCUT2D eigenvalue weighted by Gasteiger charge is 2.53. The van der Waals surface area contributed by atoms with Gasteiger partial charge < -0.3 is 9.47 Å². The highest BCUT2D eigenvalue weighted by atomic mass is 16.6. The first-order valence-electron chi connectivity index (χ1n) is 11.7. The van der Waals surface area contributed by atoms with Gasteiger partial charge in [0.2, 0.25) is 0 Å². The van der Waals surface area contributed by atoms with E-state index in [1.807, 2.05) is 0 Å². The van der Waals surface area contributed by atoms with Crippen LogP contribution in [-0.4, -0.2) is 23.6 Å².